The molecule has 2 rings (SSSR count). The third-order valence-electron chi connectivity index (χ3n) is 3.63. The first-order valence-electron chi connectivity index (χ1n) is 6.74. The van der Waals surface area contributed by atoms with E-state index in [1.165, 1.54) is 5.56 Å². The zero-order valence-electron chi connectivity index (χ0n) is 12.3. The summed E-state index contributed by atoms with van der Waals surface area (Å²) in [7, 11) is 0. The van der Waals surface area contributed by atoms with Crippen molar-refractivity contribution in [3.63, 3.8) is 0 Å². The van der Waals surface area contributed by atoms with Gasteiger partial charge in [0.05, 0.1) is 6.61 Å². The Labute approximate surface area is 114 Å². The molecular weight excluding hydrogens is 240 g/mol. The summed E-state index contributed by atoms with van der Waals surface area (Å²) in [6, 6.07) is 8.29. The zero-order chi connectivity index (χ0) is 14.3. The molecule has 2 unspecified atom stereocenters. The molecule has 1 fully saturated rings. The van der Waals surface area contributed by atoms with Crippen LogP contribution in [0.25, 0.3) is 0 Å². The van der Waals surface area contributed by atoms with Crippen LogP contribution in [0.3, 0.4) is 0 Å². The van der Waals surface area contributed by atoms with Gasteiger partial charge < -0.3 is 9.47 Å². The predicted octanol–water partition coefficient (Wildman–Crippen LogP) is 3.16. The van der Waals surface area contributed by atoms with Gasteiger partial charge in [0.15, 0.2) is 6.10 Å². The van der Waals surface area contributed by atoms with Crippen LogP contribution in [0.4, 0.5) is 0 Å². The molecule has 0 N–H and O–H groups in total. The smallest absolute Gasteiger partial charge is 0.338 e. The first-order valence-corrected chi connectivity index (χ1v) is 6.74. The fourth-order valence-electron chi connectivity index (χ4n) is 2.22. The van der Waals surface area contributed by atoms with Crippen LogP contribution in [0.5, 0.6) is 0 Å². The number of rotatable bonds is 3. The van der Waals surface area contributed by atoms with E-state index in [9.17, 15) is 4.79 Å². The summed E-state index contributed by atoms with van der Waals surface area (Å²) in [6.07, 6.45) is -0.465. The molecule has 1 saturated heterocycles. The van der Waals surface area contributed by atoms with Crippen LogP contribution in [0, 0.1) is 0 Å². The van der Waals surface area contributed by atoms with E-state index < -0.39 is 11.7 Å². The zero-order valence-corrected chi connectivity index (χ0v) is 12.3. The highest BCUT2D eigenvalue weighted by atomic mass is 16.7. The average Bonchev–Trinajstić information content (AvgIpc) is 3.03. The SMILES string of the molecule is CCOC(=O)C1OC1(C)c1ccc(C(C)(C)C)cc1. The van der Waals surface area contributed by atoms with Crippen molar-refractivity contribution in [1.82, 2.24) is 0 Å². The van der Waals surface area contributed by atoms with Gasteiger partial charge >= 0.3 is 5.97 Å². The highest BCUT2D eigenvalue weighted by Crippen LogP contribution is 2.46. The second-order valence-corrected chi connectivity index (χ2v) is 6.18. The van der Waals surface area contributed by atoms with Gasteiger partial charge in [0.1, 0.15) is 5.60 Å². The molecule has 1 aromatic carbocycles. The lowest BCUT2D eigenvalue weighted by molar-refractivity contribution is -0.144. The van der Waals surface area contributed by atoms with Gasteiger partial charge in [-0.05, 0) is 30.4 Å². The van der Waals surface area contributed by atoms with Gasteiger partial charge in [0.25, 0.3) is 0 Å². The Kier molecular flexibility index (Phi) is 3.43. The van der Waals surface area contributed by atoms with E-state index in [1.807, 2.05) is 19.1 Å². The number of carbonyl (C=O) groups excluding carboxylic acids is 1. The molecular formula is C16H22O3. The minimum atomic E-state index is -0.525. The summed E-state index contributed by atoms with van der Waals surface area (Å²) in [5.74, 6) is -0.273. The molecule has 0 aliphatic carbocycles. The number of hydrogen-bond acceptors (Lipinski definition) is 3. The van der Waals surface area contributed by atoms with Crippen molar-refractivity contribution in [2.75, 3.05) is 6.61 Å². The summed E-state index contributed by atoms with van der Waals surface area (Å²) >= 11 is 0. The standard InChI is InChI=1S/C16H22O3/c1-6-18-14(17)13-16(5,19-13)12-9-7-11(8-10-12)15(2,3)4/h7-10,13H,6H2,1-5H3. The van der Waals surface area contributed by atoms with Gasteiger partial charge in [-0.3, -0.25) is 0 Å². The van der Waals surface area contributed by atoms with E-state index in [0.29, 0.717) is 6.61 Å². The molecule has 1 aromatic rings. The van der Waals surface area contributed by atoms with Crippen molar-refractivity contribution >= 4 is 5.97 Å². The number of benzene rings is 1. The van der Waals surface area contributed by atoms with E-state index in [-0.39, 0.29) is 11.4 Å². The van der Waals surface area contributed by atoms with Crippen LogP contribution in [0.2, 0.25) is 0 Å². The number of carbonyl (C=O) groups is 1. The minimum Gasteiger partial charge on any atom is -0.464 e. The lowest BCUT2D eigenvalue weighted by atomic mass is 9.85. The maximum absolute atomic E-state index is 11.7. The summed E-state index contributed by atoms with van der Waals surface area (Å²) < 4.78 is 10.6. The fraction of sp³-hybridized carbons (Fsp3) is 0.562. The fourth-order valence-corrected chi connectivity index (χ4v) is 2.22. The van der Waals surface area contributed by atoms with Crippen molar-refractivity contribution in [1.29, 1.82) is 0 Å². The van der Waals surface area contributed by atoms with Gasteiger partial charge in [-0.25, -0.2) is 4.79 Å². The van der Waals surface area contributed by atoms with Gasteiger partial charge in [0, 0.05) is 0 Å². The van der Waals surface area contributed by atoms with E-state index >= 15 is 0 Å². The Hall–Kier alpha value is -1.35. The third kappa shape index (κ3) is 2.66. The lowest BCUT2D eigenvalue weighted by Gasteiger charge is -2.19. The number of hydrogen-bond donors (Lipinski definition) is 0. The Balaban J connectivity index is 2.14. The Morgan fingerprint density at radius 1 is 1.32 bits per heavy atom. The third-order valence-corrected chi connectivity index (χ3v) is 3.63. The van der Waals surface area contributed by atoms with Crippen molar-refractivity contribution in [2.45, 2.75) is 51.7 Å². The van der Waals surface area contributed by atoms with Gasteiger partial charge in [-0.15, -0.1) is 0 Å². The summed E-state index contributed by atoms with van der Waals surface area (Å²) in [4.78, 5) is 11.7. The van der Waals surface area contributed by atoms with Crippen LogP contribution < -0.4 is 0 Å². The van der Waals surface area contributed by atoms with Crippen LogP contribution in [0.1, 0.15) is 45.7 Å². The first-order chi connectivity index (χ1) is 8.79. The van der Waals surface area contributed by atoms with E-state index in [1.54, 1.807) is 6.92 Å². The molecule has 1 aliphatic rings. The molecule has 3 nitrogen and oxygen atoms in total. The number of esters is 1. The van der Waals surface area contributed by atoms with Crippen LogP contribution in [-0.4, -0.2) is 18.7 Å². The normalized spacial score (nSPS) is 26.1. The molecule has 2 atom stereocenters. The highest BCUT2D eigenvalue weighted by molar-refractivity contribution is 5.79. The van der Waals surface area contributed by atoms with Crippen LogP contribution in [0.15, 0.2) is 24.3 Å². The molecule has 0 saturated carbocycles. The predicted molar refractivity (Wildman–Crippen MR) is 74.0 cm³/mol. The molecule has 19 heavy (non-hydrogen) atoms. The van der Waals surface area contributed by atoms with E-state index in [2.05, 4.69) is 32.9 Å². The summed E-state index contributed by atoms with van der Waals surface area (Å²) in [5, 5.41) is 0. The Morgan fingerprint density at radius 3 is 2.37 bits per heavy atom. The topological polar surface area (TPSA) is 38.8 Å². The Morgan fingerprint density at radius 2 is 1.89 bits per heavy atom. The average molecular weight is 262 g/mol. The van der Waals surface area contributed by atoms with Gasteiger partial charge in [-0.1, -0.05) is 45.0 Å². The number of ether oxygens (including phenoxy) is 2. The van der Waals surface area contributed by atoms with Crippen molar-refractivity contribution in [2.24, 2.45) is 0 Å². The molecule has 0 aromatic heterocycles. The molecule has 0 amide bonds. The van der Waals surface area contributed by atoms with E-state index in [0.717, 1.165) is 5.56 Å². The highest BCUT2D eigenvalue weighted by Gasteiger charge is 2.59. The maximum atomic E-state index is 11.7. The maximum Gasteiger partial charge on any atom is 0.338 e. The first kappa shape index (κ1) is 14.1. The van der Waals surface area contributed by atoms with Crippen molar-refractivity contribution in [3.05, 3.63) is 35.4 Å². The second kappa shape index (κ2) is 4.64. The molecule has 0 radical (unpaired) electrons. The monoisotopic (exact) mass is 262 g/mol. The second-order valence-electron chi connectivity index (χ2n) is 6.18. The van der Waals surface area contributed by atoms with Crippen LogP contribution >= 0.6 is 0 Å². The summed E-state index contributed by atoms with van der Waals surface area (Å²) in [6.45, 7) is 10.7. The number of epoxide rings is 1. The van der Waals surface area contributed by atoms with E-state index in [4.69, 9.17) is 9.47 Å². The molecule has 0 spiro atoms. The quantitative estimate of drug-likeness (QED) is 0.620. The molecule has 3 heteroatoms. The minimum absolute atomic E-state index is 0.129. The van der Waals surface area contributed by atoms with Crippen molar-refractivity contribution in [3.8, 4) is 0 Å². The van der Waals surface area contributed by atoms with Crippen molar-refractivity contribution < 1.29 is 14.3 Å². The van der Waals surface area contributed by atoms with Crippen LogP contribution in [-0.2, 0) is 25.3 Å². The molecule has 1 heterocycles. The van der Waals surface area contributed by atoms with Gasteiger partial charge in [-0.2, -0.15) is 0 Å². The Bertz CT molecular complexity index is 470. The molecule has 104 valence electrons. The molecule has 0 bridgehead atoms. The molecule has 1 aliphatic heterocycles. The summed E-state index contributed by atoms with van der Waals surface area (Å²) in [5.41, 5.74) is 1.90. The van der Waals surface area contributed by atoms with Gasteiger partial charge in [0.2, 0.25) is 0 Å². The largest absolute Gasteiger partial charge is 0.464 e. The lowest BCUT2D eigenvalue weighted by Crippen LogP contribution is -2.19.